The van der Waals surface area contributed by atoms with Crippen LogP contribution in [-0.2, 0) is 0 Å². The standard InChI is InChI=1S/C12H17NO3/c1-7-8-5-12(16-3)10(14)4-9(8)11(15)6-13(7)2/h4-5,7,11,14-15H,6H2,1-3H3/p+1/t7-,11-/m0/s1. The van der Waals surface area contributed by atoms with Gasteiger partial charge in [0, 0.05) is 5.56 Å². The van der Waals surface area contributed by atoms with Crippen LogP contribution in [0.1, 0.15) is 30.2 Å². The van der Waals surface area contributed by atoms with E-state index >= 15 is 0 Å². The first-order valence-electron chi connectivity index (χ1n) is 5.45. The molecule has 1 unspecified atom stereocenters. The van der Waals surface area contributed by atoms with Crippen LogP contribution in [0.15, 0.2) is 12.1 Å². The highest BCUT2D eigenvalue weighted by Gasteiger charge is 2.31. The number of aliphatic hydroxyl groups is 1. The number of benzene rings is 1. The number of hydrogen-bond acceptors (Lipinski definition) is 3. The third kappa shape index (κ3) is 1.64. The lowest BCUT2D eigenvalue weighted by molar-refractivity contribution is -0.916. The van der Waals surface area contributed by atoms with E-state index < -0.39 is 6.10 Å². The van der Waals surface area contributed by atoms with E-state index in [2.05, 4.69) is 14.0 Å². The Morgan fingerprint density at radius 2 is 2.06 bits per heavy atom. The Balaban J connectivity index is 2.54. The smallest absolute Gasteiger partial charge is 0.161 e. The molecule has 3 N–H and O–H groups in total. The first kappa shape index (κ1) is 11.2. The number of methoxy groups -OCH3 is 1. The van der Waals surface area contributed by atoms with Gasteiger partial charge in [-0.1, -0.05) is 0 Å². The molecule has 1 aromatic carbocycles. The van der Waals surface area contributed by atoms with Crippen LogP contribution in [0, 0.1) is 0 Å². The maximum atomic E-state index is 9.96. The van der Waals surface area contributed by atoms with Crippen molar-refractivity contribution in [2.45, 2.75) is 19.1 Å². The number of likely N-dealkylation sites (N-methyl/N-ethyl adjacent to an activating group) is 1. The third-order valence-electron chi connectivity index (χ3n) is 3.46. The van der Waals surface area contributed by atoms with Gasteiger partial charge in [0.1, 0.15) is 18.7 Å². The van der Waals surface area contributed by atoms with Gasteiger partial charge < -0.3 is 19.8 Å². The number of quaternary nitrogens is 1. The molecule has 1 aromatic rings. The van der Waals surface area contributed by atoms with Crippen molar-refractivity contribution in [1.82, 2.24) is 0 Å². The topological polar surface area (TPSA) is 54.1 Å². The maximum Gasteiger partial charge on any atom is 0.161 e. The highest BCUT2D eigenvalue weighted by atomic mass is 16.5. The summed E-state index contributed by atoms with van der Waals surface area (Å²) in [6, 6.07) is 3.73. The van der Waals surface area contributed by atoms with E-state index in [-0.39, 0.29) is 5.75 Å². The molecule has 0 saturated carbocycles. The molecule has 16 heavy (non-hydrogen) atoms. The quantitative estimate of drug-likeness (QED) is 0.630. The van der Waals surface area contributed by atoms with Crippen LogP contribution < -0.4 is 9.64 Å². The lowest BCUT2D eigenvalue weighted by Gasteiger charge is -2.32. The number of aromatic hydroxyl groups is 1. The number of phenolic OH excluding ortho intramolecular Hbond substituents is 1. The van der Waals surface area contributed by atoms with Crippen LogP contribution in [0.2, 0.25) is 0 Å². The number of rotatable bonds is 1. The Kier molecular flexibility index (Phi) is 2.78. The summed E-state index contributed by atoms with van der Waals surface area (Å²) in [5, 5.41) is 19.7. The van der Waals surface area contributed by atoms with E-state index in [4.69, 9.17) is 4.74 Å². The van der Waals surface area contributed by atoms with Crippen LogP contribution in [-0.4, -0.2) is 30.9 Å². The summed E-state index contributed by atoms with van der Waals surface area (Å²) < 4.78 is 5.09. The van der Waals surface area contributed by atoms with Crippen molar-refractivity contribution in [2.75, 3.05) is 20.7 Å². The van der Waals surface area contributed by atoms with Crippen LogP contribution in [0.4, 0.5) is 0 Å². The van der Waals surface area contributed by atoms with E-state index in [0.29, 0.717) is 18.3 Å². The van der Waals surface area contributed by atoms with E-state index in [1.165, 1.54) is 12.0 Å². The fourth-order valence-corrected chi connectivity index (χ4v) is 2.28. The lowest BCUT2D eigenvalue weighted by atomic mass is 9.91. The summed E-state index contributed by atoms with van der Waals surface area (Å²) in [5.74, 6) is 0.555. The highest BCUT2D eigenvalue weighted by molar-refractivity contribution is 5.48. The summed E-state index contributed by atoms with van der Waals surface area (Å²) in [6.45, 7) is 2.77. The Labute approximate surface area is 95.1 Å². The van der Waals surface area contributed by atoms with Gasteiger partial charge in [0.2, 0.25) is 0 Å². The average Bonchev–Trinajstić information content (AvgIpc) is 2.25. The minimum atomic E-state index is -0.511. The molecular weight excluding hydrogens is 206 g/mol. The molecular formula is C12H18NO3+. The second-order valence-electron chi connectivity index (χ2n) is 4.44. The molecule has 0 aliphatic carbocycles. The highest BCUT2D eigenvalue weighted by Crippen LogP contribution is 2.35. The van der Waals surface area contributed by atoms with Gasteiger partial charge in [-0.25, -0.2) is 0 Å². The van der Waals surface area contributed by atoms with Gasteiger partial charge >= 0.3 is 0 Å². The molecule has 88 valence electrons. The monoisotopic (exact) mass is 224 g/mol. The number of nitrogens with one attached hydrogen (secondary N) is 1. The van der Waals surface area contributed by atoms with Crippen LogP contribution in [0.25, 0.3) is 0 Å². The number of fused-ring (bicyclic) bond motifs is 1. The predicted octanol–water partition coefficient (Wildman–Crippen LogP) is 0.0235. The second kappa shape index (κ2) is 3.96. The molecule has 1 aliphatic heterocycles. The van der Waals surface area contributed by atoms with Gasteiger partial charge in [0.05, 0.1) is 14.2 Å². The minimum absolute atomic E-state index is 0.0899. The normalized spacial score (nSPS) is 28.6. The van der Waals surface area contributed by atoms with E-state index in [0.717, 1.165) is 11.1 Å². The van der Waals surface area contributed by atoms with E-state index in [1.54, 1.807) is 6.07 Å². The maximum absolute atomic E-state index is 9.96. The largest absolute Gasteiger partial charge is 0.504 e. The number of ether oxygens (including phenoxy) is 1. The van der Waals surface area contributed by atoms with Crippen molar-refractivity contribution in [1.29, 1.82) is 0 Å². The summed E-state index contributed by atoms with van der Waals surface area (Å²) >= 11 is 0. The first-order chi connectivity index (χ1) is 7.54. The third-order valence-corrected chi connectivity index (χ3v) is 3.46. The van der Waals surface area contributed by atoms with Gasteiger partial charge in [-0.15, -0.1) is 0 Å². The Morgan fingerprint density at radius 3 is 2.69 bits per heavy atom. The fraction of sp³-hybridized carbons (Fsp3) is 0.500. The van der Waals surface area contributed by atoms with Crippen molar-refractivity contribution < 1.29 is 19.8 Å². The van der Waals surface area contributed by atoms with Crippen molar-refractivity contribution in [3.8, 4) is 11.5 Å². The van der Waals surface area contributed by atoms with E-state index in [1.807, 2.05) is 6.07 Å². The molecule has 0 saturated heterocycles. The first-order valence-corrected chi connectivity index (χ1v) is 5.45. The summed E-state index contributed by atoms with van der Waals surface area (Å²) in [7, 11) is 3.58. The van der Waals surface area contributed by atoms with Gasteiger partial charge in [0.15, 0.2) is 11.5 Å². The molecule has 4 heteroatoms. The van der Waals surface area contributed by atoms with Crippen molar-refractivity contribution in [3.63, 3.8) is 0 Å². The van der Waals surface area contributed by atoms with Gasteiger partial charge in [-0.2, -0.15) is 0 Å². The van der Waals surface area contributed by atoms with Gasteiger partial charge in [-0.05, 0) is 24.6 Å². The fourth-order valence-electron chi connectivity index (χ4n) is 2.28. The molecule has 2 rings (SSSR count). The summed E-state index contributed by atoms with van der Waals surface area (Å²) in [6.07, 6.45) is -0.511. The zero-order chi connectivity index (χ0) is 11.9. The summed E-state index contributed by atoms with van der Waals surface area (Å²) in [5.41, 5.74) is 1.86. The van der Waals surface area contributed by atoms with Crippen LogP contribution >= 0.6 is 0 Å². The molecule has 4 nitrogen and oxygen atoms in total. The Hall–Kier alpha value is -1.26. The number of hydrogen-bond donors (Lipinski definition) is 3. The molecule has 0 radical (unpaired) electrons. The molecule has 0 bridgehead atoms. The molecule has 1 heterocycles. The van der Waals surface area contributed by atoms with Crippen molar-refractivity contribution >= 4 is 0 Å². The Morgan fingerprint density at radius 1 is 1.38 bits per heavy atom. The van der Waals surface area contributed by atoms with Gasteiger partial charge in [0.25, 0.3) is 0 Å². The zero-order valence-electron chi connectivity index (χ0n) is 9.82. The van der Waals surface area contributed by atoms with Crippen LogP contribution in [0.5, 0.6) is 11.5 Å². The average molecular weight is 224 g/mol. The predicted molar refractivity (Wildman–Crippen MR) is 59.8 cm³/mol. The Bertz CT molecular complexity index is 405. The molecule has 1 aliphatic rings. The molecule has 3 atom stereocenters. The SMILES string of the molecule is COc1cc2c(cc1O)[C@@H](O)C[NH+](C)[C@H]2C. The van der Waals surface area contributed by atoms with Gasteiger partial charge in [-0.3, -0.25) is 0 Å². The second-order valence-corrected chi connectivity index (χ2v) is 4.44. The molecule has 0 amide bonds. The van der Waals surface area contributed by atoms with Crippen molar-refractivity contribution in [2.24, 2.45) is 0 Å². The number of aliphatic hydroxyl groups excluding tert-OH is 1. The minimum Gasteiger partial charge on any atom is -0.504 e. The summed E-state index contributed by atoms with van der Waals surface area (Å²) in [4.78, 5) is 1.26. The zero-order valence-corrected chi connectivity index (χ0v) is 9.82. The lowest BCUT2D eigenvalue weighted by Crippen LogP contribution is -3.10. The van der Waals surface area contributed by atoms with E-state index in [9.17, 15) is 10.2 Å². The molecule has 0 fully saturated rings. The van der Waals surface area contributed by atoms with Crippen molar-refractivity contribution in [3.05, 3.63) is 23.3 Å². The van der Waals surface area contributed by atoms with Crippen LogP contribution in [0.3, 0.4) is 0 Å². The molecule has 0 spiro atoms. The number of phenols is 1. The molecule has 0 aromatic heterocycles.